The van der Waals surface area contributed by atoms with E-state index in [-0.39, 0.29) is 5.91 Å². The van der Waals surface area contributed by atoms with E-state index in [1.54, 1.807) is 24.3 Å². The molecule has 2 aromatic carbocycles. The summed E-state index contributed by atoms with van der Waals surface area (Å²) in [5.74, 6) is -0.0605. The number of nitrogens with one attached hydrogen (secondary N) is 3. The lowest BCUT2D eigenvalue weighted by Crippen LogP contribution is -2.23. The van der Waals surface area contributed by atoms with Gasteiger partial charge in [0.05, 0.1) is 11.6 Å². The first-order chi connectivity index (χ1) is 12.3. The van der Waals surface area contributed by atoms with Crippen LogP contribution in [0.4, 0.5) is 5.69 Å². The van der Waals surface area contributed by atoms with E-state index in [1.165, 1.54) is 10.9 Å². The molecule has 0 aliphatic carbocycles. The van der Waals surface area contributed by atoms with Gasteiger partial charge in [-0.3, -0.25) is 4.79 Å². The predicted molar refractivity (Wildman–Crippen MR) is 99.3 cm³/mol. The fourth-order valence-corrected chi connectivity index (χ4v) is 2.78. The Morgan fingerprint density at radius 1 is 1.12 bits per heavy atom. The molecule has 0 fully saturated rings. The molecule has 3 aromatic rings. The number of para-hydroxylation sites is 1. The average molecular weight is 332 g/mol. The van der Waals surface area contributed by atoms with E-state index in [2.05, 4.69) is 33.8 Å². The van der Waals surface area contributed by atoms with Crippen molar-refractivity contribution in [1.29, 1.82) is 5.26 Å². The van der Waals surface area contributed by atoms with Crippen LogP contribution in [0.1, 0.15) is 17.5 Å². The van der Waals surface area contributed by atoms with Gasteiger partial charge in [0.25, 0.3) is 0 Å². The lowest BCUT2D eigenvalue weighted by Gasteiger charge is -2.07. The number of hydrogen-bond donors (Lipinski definition) is 3. The smallest absolute Gasteiger partial charge is 0.225 e. The van der Waals surface area contributed by atoms with Gasteiger partial charge in [-0.25, -0.2) is 0 Å². The standard InChI is InChI=1S/C20H20N4O/c21-13-15-4-3-5-17(12-15)24-20(25)9-11-22-10-8-16-14-23-19-7-2-1-6-18(16)19/h1-7,12,14,22-23H,8-11H2,(H,24,25). The van der Waals surface area contributed by atoms with Gasteiger partial charge in [-0.1, -0.05) is 24.3 Å². The van der Waals surface area contributed by atoms with Gasteiger partial charge in [-0.05, 0) is 42.8 Å². The molecule has 5 nitrogen and oxygen atoms in total. The Morgan fingerprint density at radius 3 is 2.88 bits per heavy atom. The first kappa shape index (κ1) is 16.7. The number of H-pyrrole nitrogens is 1. The second-order valence-electron chi connectivity index (χ2n) is 5.85. The van der Waals surface area contributed by atoms with Crippen LogP contribution in [0.3, 0.4) is 0 Å². The molecule has 3 N–H and O–H groups in total. The van der Waals surface area contributed by atoms with Crippen LogP contribution in [-0.4, -0.2) is 24.0 Å². The summed E-state index contributed by atoms with van der Waals surface area (Å²) < 4.78 is 0. The molecule has 1 aromatic heterocycles. The van der Waals surface area contributed by atoms with Gasteiger partial charge in [0.2, 0.25) is 5.91 Å². The minimum absolute atomic E-state index is 0.0605. The summed E-state index contributed by atoms with van der Waals surface area (Å²) >= 11 is 0. The molecule has 0 spiro atoms. The molecule has 0 unspecified atom stereocenters. The Bertz CT molecular complexity index is 907. The van der Waals surface area contributed by atoms with E-state index >= 15 is 0 Å². The molecular formula is C20H20N4O. The van der Waals surface area contributed by atoms with Crippen molar-refractivity contribution in [3.05, 3.63) is 65.9 Å². The van der Waals surface area contributed by atoms with Crippen LogP contribution < -0.4 is 10.6 Å². The maximum Gasteiger partial charge on any atom is 0.225 e. The number of benzene rings is 2. The highest BCUT2D eigenvalue weighted by molar-refractivity contribution is 5.91. The Balaban J connectivity index is 1.39. The highest BCUT2D eigenvalue weighted by Crippen LogP contribution is 2.17. The summed E-state index contributed by atoms with van der Waals surface area (Å²) in [5, 5.41) is 16.2. The van der Waals surface area contributed by atoms with E-state index < -0.39 is 0 Å². The quantitative estimate of drug-likeness (QED) is 0.581. The highest BCUT2D eigenvalue weighted by Gasteiger charge is 2.04. The number of anilines is 1. The predicted octanol–water partition coefficient (Wildman–Crippen LogP) is 3.20. The van der Waals surface area contributed by atoms with Gasteiger partial charge in [0, 0.05) is 35.8 Å². The maximum absolute atomic E-state index is 11.9. The Labute approximate surface area is 146 Å². The minimum Gasteiger partial charge on any atom is -0.361 e. The first-order valence-electron chi connectivity index (χ1n) is 8.32. The largest absolute Gasteiger partial charge is 0.361 e. The van der Waals surface area contributed by atoms with Crippen molar-refractivity contribution in [2.75, 3.05) is 18.4 Å². The summed E-state index contributed by atoms with van der Waals surface area (Å²) in [7, 11) is 0. The fraction of sp³-hybridized carbons (Fsp3) is 0.200. The Kier molecular flexibility index (Phi) is 5.45. The second kappa shape index (κ2) is 8.13. The monoisotopic (exact) mass is 332 g/mol. The van der Waals surface area contributed by atoms with Crippen molar-refractivity contribution in [2.45, 2.75) is 12.8 Å². The molecule has 25 heavy (non-hydrogen) atoms. The maximum atomic E-state index is 11.9. The molecular weight excluding hydrogens is 312 g/mol. The number of fused-ring (bicyclic) bond motifs is 1. The van der Waals surface area contributed by atoms with Crippen LogP contribution in [0.25, 0.3) is 10.9 Å². The van der Waals surface area contributed by atoms with Crippen molar-refractivity contribution in [3.63, 3.8) is 0 Å². The highest BCUT2D eigenvalue weighted by atomic mass is 16.1. The number of hydrogen-bond acceptors (Lipinski definition) is 3. The number of aromatic nitrogens is 1. The number of amides is 1. The molecule has 0 atom stereocenters. The van der Waals surface area contributed by atoms with Gasteiger partial charge < -0.3 is 15.6 Å². The van der Waals surface area contributed by atoms with Crippen molar-refractivity contribution in [2.24, 2.45) is 0 Å². The Hall–Kier alpha value is -3.10. The third kappa shape index (κ3) is 4.46. The van der Waals surface area contributed by atoms with Crippen LogP contribution in [-0.2, 0) is 11.2 Å². The van der Waals surface area contributed by atoms with Gasteiger partial charge in [-0.2, -0.15) is 5.26 Å². The average Bonchev–Trinajstić information content (AvgIpc) is 3.05. The molecule has 0 radical (unpaired) electrons. The van der Waals surface area contributed by atoms with Crippen molar-refractivity contribution < 1.29 is 4.79 Å². The molecule has 5 heteroatoms. The Morgan fingerprint density at radius 2 is 2.00 bits per heavy atom. The van der Waals surface area contributed by atoms with E-state index in [0.29, 0.717) is 24.2 Å². The summed E-state index contributed by atoms with van der Waals surface area (Å²) in [5.41, 5.74) is 3.62. The zero-order valence-corrected chi connectivity index (χ0v) is 13.9. The van der Waals surface area contributed by atoms with Gasteiger partial charge in [0.1, 0.15) is 0 Å². The van der Waals surface area contributed by atoms with Crippen LogP contribution in [0.15, 0.2) is 54.7 Å². The molecule has 0 aliphatic heterocycles. The van der Waals surface area contributed by atoms with E-state index in [9.17, 15) is 4.79 Å². The van der Waals surface area contributed by atoms with Gasteiger partial charge in [-0.15, -0.1) is 0 Å². The number of carbonyl (C=O) groups is 1. The number of nitrogens with zero attached hydrogens (tertiary/aromatic N) is 1. The number of nitriles is 1. The lowest BCUT2D eigenvalue weighted by molar-refractivity contribution is -0.116. The van der Waals surface area contributed by atoms with Crippen LogP contribution in [0.2, 0.25) is 0 Å². The molecule has 126 valence electrons. The lowest BCUT2D eigenvalue weighted by atomic mass is 10.1. The molecule has 1 amide bonds. The van der Waals surface area contributed by atoms with Crippen LogP contribution in [0.5, 0.6) is 0 Å². The fourth-order valence-electron chi connectivity index (χ4n) is 2.78. The second-order valence-corrected chi connectivity index (χ2v) is 5.85. The first-order valence-corrected chi connectivity index (χ1v) is 8.32. The third-order valence-electron chi connectivity index (χ3n) is 4.05. The van der Waals surface area contributed by atoms with Crippen molar-refractivity contribution >= 4 is 22.5 Å². The molecule has 1 heterocycles. The van der Waals surface area contributed by atoms with E-state index in [4.69, 9.17) is 5.26 Å². The third-order valence-corrected chi connectivity index (χ3v) is 4.05. The van der Waals surface area contributed by atoms with Crippen LogP contribution >= 0.6 is 0 Å². The number of rotatable bonds is 7. The summed E-state index contributed by atoms with van der Waals surface area (Å²) in [6, 6.07) is 17.2. The van der Waals surface area contributed by atoms with E-state index in [1.807, 2.05) is 18.3 Å². The zero-order chi connectivity index (χ0) is 17.5. The topological polar surface area (TPSA) is 80.7 Å². The zero-order valence-electron chi connectivity index (χ0n) is 13.9. The minimum atomic E-state index is -0.0605. The van der Waals surface area contributed by atoms with Crippen molar-refractivity contribution in [1.82, 2.24) is 10.3 Å². The summed E-state index contributed by atoms with van der Waals surface area (Å²) in [6.45, 7) is 1.44. The number of carbonyl (C=O) groups excluding carboxylic acids is 1. The van der Waals surface area contributed by atoms with Crippen LogP contribution in [0, 0.1) is 11.3 Å². The van der Waals surface area contributed by atoms with E-state index in [0.717, 1.165) is 18.5 Å². The molecule has 3 rings (SSSR count). The summed E-state index contributed by atoms with van der Waals surface area (Å²) in [4.78, 5) is 15.2. The SMILES string of the molecule is N#Cc1cccc(NC(=O)CCNCCc2c[nH]c3ccccc23)c1. The summed E-state index contributed by atoms with van der Waals surface area (Å²) in [6.07, 6.45) is 3.35. The van der Waals surface area contributed by atoms with Gasteiger partial charge >= 0.3 is 0 Å². The molecule has 0 saturated heterocycles. The normalized spacial score (nSPS) is 10.5. The molecule has 0 bridgehead atoms. The van der Waals surface area contributed by atoms with Gasteiger partial charge in [0.15, 0.2) is 0 Å². The molecule has 0 saturated carbocycles. The molecule has 0 aliphatic rings. The van der Waals surface area contributed by atoms with Crippen molar-refractivity contribution in [3.8, 4) is 6.07 Å². The number of aromatic amines is 1.